The Bertz CT molecular complexity index is 312. The summed E-state index contributed by atoms with van der Waals surface area (Å²) >= 11 is 6.09. The summed E-state index contributed by atoms with van der Waals surface area (Å²) in [5.41, 5.74) is 0.111. The van der Waals surface area contributed by atoms with E-state index in [9.17, 15) is 8.42 Å². The Morgan fingerprint density at radius 3 is 1.88 bits per heavy atom. The van der Waals surface area contributed by atoms with Gasteiger partial charge >= 0.3 is 0 Å². The molecule has 1 atom stereocenters. The highest BCUT2D eigenvalue weighted by Crippen LogP contribution is 2.23. The van der Waals surface area contributed by atoms with Crippen molar-refractivity contribution in [3.05, 3.63) is 0 Å². The van der Waals surface area contributed by atoms with Crippen LogP contribution in [0.1, 0.15) is 48.0 Å². The maximum absolute atomic E-state index is 11.8. The molecule has 0 spiro atoms. The van der Waals surface area contributed by atoms with Gasteiger partial charge in [0, 0.05) is 11.9 Å². The molecular weight excluding hydrogens is 246 g/mol. The van der Waals surface area contributed by atoms with Gasteiger partial charge in [-0.25, -0.2) is 13.1 Å². The Morgan fingerprint density at radius 2 is 1.56 bits per heavy atom. The predicted molar refractivity (Wildman–Crippen MR) is 70.4 cm³/mol. The lowest BCUT2D eigenvalue weighted by molar-refractivity contribution is 0.368. The fourth-order valence-electron chi connectivity index (χ4n) is 1.15. The van der Waals surface area contributed by atoms with E-state index in [-0.39, 0.29) is 10.8 Å². The number of rotatable bonds is 4. The van der Waals surface area contributed by atoms with Gasteiger partial charge in [-0.3, -0.25) is 0 Å². The van der Waals surface area contributed by atoms with Crippen LogP contribution in [0.15, 0.2) is 0 Å². The Kier molecular flexibility index (Phi) is 5.30. The molecule has 0 aliphatic carbocycles. The molecule has 0 saturated carbocycles. The van der Waals surface area contributed by atoms with Crippen LogP contribution in [0.25, 0.3) is 0 Å². The fraction of sp³-hybridized carbons (Fsp3) is 1.00. The molecule has 0 rings (SSSR count). The Morgan fingerprint density at radius 1 is 1.12 bits per heavy atom. The minimum Gasteiger partial charge on any atom is -0.213 e. The van der Waals surface area contributed by atoms with Gasteiger partial charge in [0.05, 0.1) is 4.75 Å². The highest BCUT2D eigenvalue weighted by molar-refractivity contribution is 7.90. The standard InChI is InChI=1S/C11H24ClNO2S/c1-10(2,3)7-9(12)8-13-16(14,15)11(4,5)6/h9,13H,7-8H2,1-6H3. The van der Waals surface area contributed by atoms with Gasteiger partial charge in [0.1, 0.15) is 0 Å². The quantitative estimate of drug-likeness (QED) is 0.798. The van der Waals surface area contributed by atoms with Gasteiger partial charge in [-0.2, -0.15) is 0 Å². The molecule has 0 aromatic heterocycles. The fourth-order valence-corrected chi connectivity index (χ4v) is 2.64. The molecule has 3 nitrogen and oxygen atoms in total. The average Bonchev–Trinajstić information content (AvgIpc) is 1.95. The first-order valence-corrected chi connectivity index (χ1v) is 7.40. The summed E-state index contributed by atoms with van der Waals surface area (Å²) in [6, 6.07) is 0. The first-order valence-electron chi connectivity index (χ1n) is 5.48. The number of halogens is 1. The lowest BCUT2D eigenvalue weighted by atomic mass is 9.90. The van der Waals surface area contributed by atoms with Gasteiger partial charge in [0.15, 0.2) is 0 Å². The molecule has 1 unspecified atom stereocenters. The number of hydrogen-bond donors (Lipinski definition) is 1. The maximum Gasteiger partial charge on any atom is 0.216 e. The van der Waals surface area contributed by atoms with Gasteiger partial charge in [-0.1, -0.05) is 20.8 Å². The highest BCUT2D eigenvalue weighted by atomic mass is 35.5. The van der Waals surface area contributed by atoms with Gasteiger partial charge < -0.3 is 0 Å². The normalized spacial score (nSPS) is 16.2. The van der Waals surface area contributed by atoms with Gasteiger partial charge in [-0.05, 0) is 32.6 Å². The second-order valence-electron chi connectivity index (χ2n) is 6.33. The SMILES string of the molecule is CC(C)(C)CC(Cl)CNS(=O)(=O)C(C)(C)C. The molecule has 16 heavy (non-hydrogen) atoms. The van der Waals surface area contributed by atoms with E-state index in [1.165, 1.54) is 0 Å². The van der Waals surface area contributed by atoms with Crippen LogP contribution in [-0.2, 0) is 10.0 Å². The molecule has 0 radical (unpaired) electrons. The van der Waals surface area contributed by atoms with Gasteiger partial charge in [-0.15, -0.1) is 11.6 Å². The molecule has 1 N–H and O–H groups in total. The molecule has 98 valence electrons. The number of nitrogens with one attached hydrogen (secondary N) is 1. The van der Waals surface area contributed by atoms with E-state index >= 15 is 0 Å². The molecular formula is C11H24ClNO2S. The summed E-state index contributed by atoms with van der Waals surface area (Å²) < 4.78 is 25.3. The van der Waals surface area contributed by atoms with Gasteiger partial charge in [0.2, 0.25) is 10.0 Å². The van der Waals surface area contributed by atoms with Gasteiger partial charge in [0.25, 0.3) is 0 Å². The van der Waals surface area contributed by atoms with Crippen molar-refractivity contribution in [1.29, 1.82) is 0 Å². The lowest BCUT2D eigenvalue weighted by Crippen LogP contribution is -2.42. The van der Waals surface area contributed by atoms with Crippen LogP contribution >= 0.6 is 11.6 Å². The summed E-state index contributed by atoms with van der Waals surface area (Å²) in [5, 5.41) is -0.169. The molecule has 0 aliphatic heterocycles. The van der Waals surface area contributed by atoms with Crippen molar-refractivity contribution in [2.75, 3.05) is 6.54 Å². The van der Waals surface area contributed by atoms with Crippen molar-refractivity contribution in [3.8, 4) is 0 Å². The van der Waals surface area contributed by atoms with Crippen LogP contribution in [0.4, 0.5) is 0 Å². The van der Waals surface area contributed by atoms with E-state index < -0.39 is 14.8 Å². The lowest BCUT2D eigenvalue weighted by Gasteiger charge is -2.24. The first-order chi connectivity index (χ1) is 6.85. The van der Waals surface area contributed by atoms with E-state index in [1.807, 2.05) is 0 Å². The van der Waals surface area contributed by atoms with Crippen LogP contribution in [0.2, 0.25) is 0 Å². The minimum atomic E-state index is -3.28. The number of alkyl halides is 1. The maximum atomic E-state index is 11.8. The third-order valence-electron chi connectivity index (χ3n) is 2.13. The zero-order valence-electron chi connectivity index (χ0n) is 11.1. The highest BCUT2D eigenvalue weighted by Gasteiger charge is 2.29. The summed E-state index contributed by atoms with van der Waals surface area (Å²) in [6.45, 7) is 11.5. The Balaban J connectivity index is 4.28. The van der Waals surface area contributed by atoms with Crippen molar-refractivity contribution >= 4 is 21.6 Å². The minimum absolute atomic E-state index is 0.111. The molecule has 0 amide bonds. The monoisotopic (exact) mass is 269 g/mol. The van der Waals surface area contributed by atoms with Crippen molar-refractivity contribution in [2.24, 2.45) is 5.41 Å². The summed E-state index contributed by atoms with van der Waals surface area (Å²) in [6.07, 6.45) is 0.779. The Hall–Kier alpha value is 0.200. The van der Waals surface area contributed by atoms with Crippen molar-refractivity contribution in [3.63, 3.8) is 0 Å². The molecule has 0 bridgehead atoms. The zero-order chi connectivity index (χ0) is 13.2. The molecule has 0 saturated heterocycles. The first kappa shape index (κ1) is 16.2. The van der Waals surface area contributed by atoms with Crippen molar-refractivity contribution in [2.45, 2.75) is 58.1 Å². The average molecular weight is 270 g/mol. The topological polar surface area (TPSA) is 46.2 Å². The van der Waals surface area contributed by atoms with Crippen LogP contribution in [0, 0.1) is 5.41 Å². The summed E-state index contributed by atoms with van der Waals surface area (Å²) in [7, 11) is -3.28. The van der Waals surface area contributed by atoms with Crippen molar-refractivity contribution < 1.29 is 8.42 Å². The molecule has 0 aromatic rings. The van der Waals surface area contributed by atoms with Crippen LogP contribution in [0.3, 0.4) is 0 Å². The van der Waals surface area contributed by atoms with E-state index in [0.717, 1.165) is 6.42 Å². The third kappa shape index (κ3) is 6.06. The molecule has 0 aliphatic rings. The van der Waals surface area contributed by atoms with E-state index in [1.54, 1.807) is 20.8 Å². The summed E-state index contributed by atoms with van der Waals surface area (Å²) in [4.78, 5) is 0. The molecule has 0 heterocycles. The molecule has 0 aromatic carbocycles. The largest absolute Gasteiger partial charge is 0.216 e. The second-order valence-corrected chi connectivity index (χ2v) is 9.46. The van der Waals surface area contributed by atoms with E-state index in [4.69, 9.17) is 11.6 Å². The zero-order valence-corrected chi connectivity index (χ0v) is 12.7. The Labute approximate surface area is 105 Å². The third-order valence-corrected chi connectivity index (χ3v) is 4.60. The number of hydrogen-bond acceptors (Lipinski definition) is 2. The second kappa shape index (κ2) is 5.23. The van der Waals surface area contributed by atoms with Crippen molar-refractivity contribution in [1.82, 2.24) is 4.72 Å². The van der Waals surface area contributed by atoms with Crippen LogP contribution < -0.4 is 4.72 Å². The smallest absolute Gasteiger partial charge is 0.213 e. The van der Waals surface area contributed by atoms with Crippen LogP contribution in [-0.4, -0.2) is 25.1 Å². The predicted octanol–water partition coefficient (Wildman–Crippen LogP) is 2.75. The molecule has 5 heteroatoms. The summed E-state index contributed by atoms with van der Waals surface area (Å²) in [5.74, 6) is 0. The van der Waals surface area contributed by atoms with Crippen LogP contribution in [0.5, 0.6) is 0 Å². The van der Waals surface area contributed by atoms with E-state index in [0.29, 0.717) is 6.54 Å². The number of sulfonamides is 1. The van der Waals surface area contributed by atoms with E-state index in [2.05, 4.69) is 25.5 Å². The molecule has 0 fully saturated rings.